The van der Waals surface area contributed by atoms with E-state index in [1.807, 2.05) is 4.90 Å². The summed E-state index contributed by atoms with van der Waals surface area (Å²) in [6.07, 6.45) is 13.4. The Morgan fingerprint density at radius 3 is 2.69 bits per heavy atom. The molecule has 3 aliphatic rings. The molecule has 0 spiro atoms. The highest BCUT2D eigenvalue weighted by Gasteiger charge is 2.50. The molecule has 0 heterocycles. The number of fused-ring (bicyclic) bond motifs is 5. The van der Waals surface area contributed by atoms with Gasteiger partial charge in [-0.15, -0.1) is 0 Å². The first-order valence-electron chi connectivity index (χ1n) is 14.6. The Morgan fingerprint density at radius 1 is 1.06 bits per heavy atom. The average Bonchev–Trinajstić information content (AvgIpc) is 3.26. The summed E-state index contributed by atoms with van der Waals surface area (Å²) in [7, 11) is 0. The molecule has 2 fully saturated rings. The minimum atomic E-state index is -0.201. The van der Waals surface area contributed by atoms with Gasteiger partial charge >= 0.3 is 6.09 Å². The van der Waals surface area contributed by atoms with Gasteiger partial charge in [-0.05, 0) is 97.8 Å². The number of rotatable bonds is 12. The fourth-order valence-electron chi connectivity index (χ4n) is 7.40. The van der Waals surface area contributed by atoms with Crippen molar-refractivity contribution in [2.75, 3.05) is 39.3 Å². The summed E-state index contributed by atoms with van der Waals surface area (Å²) in [4.78, 5) is 14.9. The maximum absolute atomic E-state index is 13.0. The summed E-state index contributed by atoms with van der Waals surface area (Å²) in [6.45, 7) is 8.15. The molecule has 196 valence electrons. The molecule has 0 radical (unpaired) electrons. The topological polar surface area (TPSA) is 101 Å². The zero-order valence-electron chi connectivity index (χ0n) is 22.2. The quantitative estimate of drug-likeness (QED) is 0.394. The second-order valence-electron chi connectivity index (χ2n) is 11.7. The second kappa shape index (κ2) is 12.6. The Morgan fingerprint density at radius 2 is 1.86 bits per heavy atom. The van der Waals surface area contributed by atoms with Gasteiger partial charge in [0.25, 0.3) is 0 Å². The molecule has 1 aromatic carbocycles. The first kappa shape index (κ1) is 26.4. The average molecular weight is 488 g/mol. The molecule has 0 unspecified atom stereocenters. The molecule has 2 saturated carbocycles. The lowest BCUT2D eigenvalue weighted by Crippen LogP contribution is -2.84. The van der Waals surface area contributed by atoms with Crippen LogP contribution < -0.4 is 21.5 Å². The van der Waals surface area contributed by atoms with E-state index in [1.165, 1.54) is 50.5 Å². The van der Waals surface area contributed by atoms with E-state index in [1.54, 1.807) is 5.56 Å². The van der Waals surface area contributed by atoms with Crippen LogP contribution in [0.5, 0.6) is 5.75 Å². The maximum atomic E-state index is 13.0. The molecule has 1 aromatic rings. The number of unbranched alkanes of at least 4 members (excludes halogenated alkanes) is 1. The molecular weight excluding hydrogens is 436 g/mol. The lowest BCUT2D eigenvalue weighted by molar-refractivity contribution is -0.657. The van der Waals surface area contributed by atoms with Crippen molar-refractivity contribution in [2.45, 2.75) is 83.5 Å². The molecule has 4 rings (SSSR count). The number of nitrogens with two attached hydrogens (primary N) is 1. The zero-order chi connectivity index (χ0) is 24.7. The van der Waals surface area contributed by atoms with Crippen LogP contribution in [0.3, 0.4) is 0 Å². The first-order valence-corrected chi connectivity index (χ1v) is 14.6. The third-order valence-electron chi connectivity index (χ3n) is 9.37. The van der Waals surface area contributed by atoms with E-state index in [2.05, 4.69) is 41.9 Å². The molecule has 0 saturated heterocycles. The minimum absolute atomic E-state index is 0.201. The number of ether oxygens (including phenoxy) is 1. The Bertz CT molecular complexity index is 831. The number of carbonyl (C=O) groups excluding carboxylic acids is 1. The van der Waals surface area contributed by atoms with E-state index in [0.29, 0.717) is 11.3 Å². The highest BCUT2D eigenvalue weighted by molar-refractivity contribution is 5.70. The number of aryl methyl sites for hydroxylation is 1. The monoisotopic (exact) mass is 487 g/mol. The molecule has 8 N–H and O–H groups in total. The summed E-state index contributed by atoms with van der Waals surface area (Å²) >= 11 is 0. The maximum Gasteiger partial charge on any atom is 0.415 e. The number of amides is 1. The van der Waals surface area contributed by atoms with E-state index < -0.39 is 0 Å². The molecule has 0 aliphatic heterocycles. The van der Waals surface area contributed by atoms with Crippen molar-refractivity contribution in [1.82, 2.24) is 4.90 Å². The van der Waals surface area contributed by atoms with Gasteiger partial charge < -0.3 is 26.4 Å². The zero-order valence-corrected chi connectivity index (χ0v) is 22.2. The third kappa shape index (κ3) is 6.39. The number of hydrogen-bond donors (Lipinski definition) is 3. The second-order valence-corrected chi connectivity index (χ2v) is 11.7. The molecule has 0 aromatic heterocycles. The van der Waals surface area contributed by atoms with Crippen LogP contribution in [-0.4, -0.2) is 50.3 Å². The van der Waals surface area contributed by atoms with Crippen LogP contribution in [0, 0.1) is 17.3 Å². The third-order valence-corrected chi connectivity index (χ3v) is 9.37. The van der Waals surface area contributed by atoms with Gasteiger partial charge in [0.1, 0.15) is 5.75 Å². The summed E-state index contributed by atoms with van der Waals surface area (Å²) in [5.41, 5.74) is 11.4. The van der Waals surface area contributed by atoms with Crippen molar-refractivity contribution in [3.05, 3.63) is 29.3 Å². The molecule has 35 heavy (non-hydrogen) atoms. The molecule has 3 aliphatic carbocycles. The fraction of sp³-hybridized carbons (Fsp3) is 0.759. The van der Waals surface area contributed by atoms with Crippen LogP contribution in [-0.2, 0) is 6.42 Å². The van der Waals surface area contributed by atoms with E-state index in [-0.39, 0.29) is 6.09 Å². The predicted molar refractivity (Wildman–Crippen MR) is 139 cm³/mol. The number of quaternary nitrogens is 3. The predicted octanol–water partition coefficient (Wildman–Crippen LogP) is 2.34. The van der Waals surface area contributed by atoms with Gasteiger partial charge in [-0.25, -0.2) is 4.79 Å². The Hall–Kier alpha value is -1.63. The van der Waals surface area contributed by atoms with Crippen LogP contribution >= 0.6 is 0 Å². The van der Waals surface area contributed by atoms with Crippen LogP contribution in [0.1, 0.15) is 88.2 Å². The summed E-state index contributed by atoms with van der Waals surface area (Å²) < 4.78 is 5.92. The van der Waals surface area contributed by atoms with Crippen molar-refractivity contribution in [3.8, 4) is 5.75 Å². The molecule has 0 bridgehead atoms. The molecule has 1 amide bonds. The van der Waals surface area contributed by atoms with Gasteiger partial charge in [-0.1, -0.05) is 19.4 Å². The minimum Gasteiger partial charge on any atom is -0.410 e. The summed E-state index contributed by atoms with van der Waals surface area (Å²) in [6, 6.07) is 6.51. The number of nitrogens with zero attached hydrogens (tertiary/aromatic N) is 1. The largest absolute Gasteiger partial charge is 0.415 e. The SMILES string of the molecule is C[C@@]12CCC[C@H]1[C@@H]1CCc3cc(OC(=O)N(CCC[NH3+])CCCC[NH2+]CCC[NH3+])ccc3[C@H]1CC2. The highest BCUT2D eigenvalue weighted by atomic mass is 16.6. The standard InChI is InChI=1S/C29H48N4O2/c1-29-13-4-7-27(29)26-10-8-22-21-23(9-11-24(22)25(26)12-14-29)35-28(34)33(20-6-16-31)19-3-2-17-32-18-5-15-30/h9,11,21,25-27,32H,2-8,10,12-20,30-31H2,1H3/p+3/t25-,26-,27+,29+/m1/s1. The number of benzene rings is 1. The Kier molecular flexibility index (Phi) is 9.48. The number of hydrogen-bond acceptors (Lipinski definition) is 2. The van der Waals surface area contributed by atoms with Gasteiger partial charge in [-0.2, -0.15) is 0 Å². The summed E-state index contributed by atoms with van der Waals surface area (Å²) in [5, 5.41) is 2.36. The number of carbonyl (C=O) groups is 1. The van der Waals surface area contributed by atoms with Crippen molar-refractivity contribution in [3.63, 3.8) is 0 Å². The van der Waals surface area contributed by atoms with Gasteiger partial charge in [0, 0.05) is 25.9 Å². The molecule has 6 nitrogen and oxygen atoms in total. The van der Waals surface area contributed by atoms with Crippen molar-refractivity contribution >= 4 is 6.09 Å². The normalized spacial score (nSPS) is 27.1. The van der Waals surface area contributed by atoms with E-state index in [9.17, 15) is 4.79 Å². The van der Waals surface area contributed by atoms with Crippen LogP contribution in [0.25, 0.3) is 0 Å². The highest BCUT2D eigenvalue weighted by Crippen LogP contribution is 2.60. The Balaban J connectivity index is 1.33. The lowest BCUT2D eigenvalue weighted by atomic mass is 9.56. The lowest BCUT2D eigenvalue weighted by Gasteiger charge is -2.49. The van der Waals surface area contributed by atoms with Gasteiger partial charge in [0.2, 0.25) is 0 Å². The fourth-order valence-corrected chi connectivity index (χ4v) is 7.40. The van der Waals surface area contributed by atoms with E-state index in [4.69, 9.17) is 4.74 Å². The van der Waals surface area contributed by atoms with E-state index >= 15 is 0 Å². The van der Waals surface area contributed by atoms with Crippen LogP contribution in [0.2, 0.25) is 0 Å². The van der Waals surface area contributed by atoms with Gasteiger partial charge in [0.15, 0.2) is 0 Å². The smallest absolute Gasteiger partial charge is 0.410 e. The van der Waals surface area contributed by atoms with Crippen molar-refractivity contribution in [1.29, 1.82) is 0 Å². The van der Waals surface area contributed by atoms with Crippen molar-refractivity contribution < 1.29 is 26.3 Å². The van der Waals surface area contributed by atoms with Crippen LogP contribution in [0.15, 0.2) is 18.2 Å². The van der Waals surface area contributed by atoms with Gasteiger partial charge in [-0.3, -0.25) is 0 Å². The summed E-state index contributed by atoms with van der Waals surface area (Å²) in [5.74, 6) is 3.19. The van der Waals surface area contributed by atoms with Crippen molar-refractivity contribution in [2.24, 2.45) is 17.3 Å². The molecular formula is C29H51N4O2+3. The van der Waals surface area contributed by atoms with E-state index in [0.717, 1.165) is 82.5 Å². The Labute approximate surface area is 212 Å². The van der Waals surface area contributed by atoms with Gasteiger partial charge in [0.05, 0.1) is 26.2 Å². The first-order chi connectivity index (χ1) is 17.1. The molecule has 4 atom stereocenters. The van der Waals surface area contributed by atoms with Crippen LogP contribution in [0.4, 0.5) is 4.79 Å². The molecule has 6 heteroatoms.